The Hall–Kier alpha value is -1.28. The Morgan fingerprint density at radius 3 is 2.68 bits per heavy atom. The number of nitrogens with one attached hydrogen (secondary N) is 1. The zero-order valence-corrected chi connectivity index (χ0v) is 12.7. The largest absolute Gasteiger partial charge is 0.346 e. The van der Waals surface area contributed by atoms with Crippen molar-refractivity contribution in [3.05, 3.63) is 35.0 Å². The fraction of sp³-hybridized carbons (Fsp3) is 0.529. The SMILES string of the molecule is CC(C)c1ccc2c(c1)c1c(n2C)CNCC1(C)C. The molecule has 0 aliphatic carbocycles. The van der Waals surface area contributed by atoms with Gasteiger partial charge in [0.1, 0.15) is 0 Å². The Bertz CT molecular complexity index is 632. The van der Waals surface area contributed by atoms with E-state index in [2.05, 4.69) is 62.8 Å². The number of hydrogen-bond donors (Lipinski definition) is 1. The Morgan fingerprint density at radius 2 is 2.00 bits per heavy atom. The van der Waals surface area contributed by atoms with Crippen LogP contribution >= 0.6 is 0 Å². The summed E-state index contributed by atoms with van der Waals surface area (Å²) in [4.78, 5) is 0. The molecule has 0 radical (unpaired) electrons. The molecule has 1 aliphatic heterocycles. The maximum absolute atomic E-state index is 3.55. The summed E-state index contributed by atoms with van der Waals surface area (Å²) in [5.41, 5.74) is 6.02. The molecule has 0 bridgehead atoms. The van der Waals surface area contributed by atoms with E-state index in [1.165, 1.54) is 22.2 Å². The summed E-state index contributed by atoms with van der Waals surface area (Å²) in [6.45, 7) is 11.3. The van der Waals surface area contributed by atoms with Crippen molar-refractivity contribution in [3.63, 3.8) is 0 Å². The van der Waals surface area contributed by atoms with E-state index >= 15 is 0 Å². The summed E-state index contributed by atoms with van der Waals surface area (Å²) in [5, 5.41) is 5.00. The zero-order valence-electron chi connectivity index (χ0n) is 12.7. The van der Waals surface area contributed by atoms with Gasteiger partial charge < -0.3 is 9.88 Å². The van der Waals surface area contributed by atoms with Crippen LogP contribution in [0.4, 0.5) is 0 Å². The first-order valence-corrected chi connectivity index (χ1v) is 7.24. The molecule has 2 heterocycles. The Kier molecular flexibility index (Phi) is 2.75. The molecule has 0 saturated heterocycles. The zero-order chi connectivity index (χ0) is 13.8. The molecule has 1 N–H and O–H groups in total. The van der Waals surface area contributed by atoms with Gasteiger partial charge in [-0.15, -0.1) is 0 Å². The van der Waals surface area contributed by atoms with Crippen LogP contribution < -0.4 is 5.32 Å². The molecule has 3 rings (SSSR count). The number of fused-ring (bicyclic) bond motifs is 3. The molecule has 2 heteroatoms. The molecule has 0 spiro atoms. The lowest BCUT2D eigenvalue weighted by atomic mass is 9.80. The van der Waals surface area contributed by atoms with Gasteiger partial charge in [0.2, 0.25) is 0 Å². The quantitative estimate of drug-likeness (QED) is 0.823. The molecule has 0 unspecified atom stereocenters. The van der Waals surface area contributed by atoms with Crippen LogP contribution in [0.25, 0.3) is 10.9 Å². The highest BCUT2D eigenvalue weighted by Crippen LogP contribution is 2.38. The minimum absolute atomic E-state index is 0.211. The van der Waals surface area contributed by atoms with Gasteiger partial charge in [-0.05, 0) is 29.2 Å². The van der Waals surface area contributed by atoms with Crippen LogP contribution in [0.2, 0.25) is 0 Å². The number of aryl methyl sites for hydroxylation is 1. The van der Waals surface area contributed by atoms with E-state index in [1.54, 1.807) is 5.56 Å². The van der Waals surface area contributed by atoms with Crippen LogP contribution in [0.5, 0.6) is 0 Å². The normalized spacial score (nSPS) is 18.0. The first-order valence-electron chi connectivity index (χ1n) is 7.24. The Balaban J connectivity index is 2.35. The smallest absolute Gasteiger partial charge is 0.0483 e. The number of aromatic nitrogens is 1. The van der Waals surface area contributed by atoms with Crippen molar-refractivity contribution in [1.29, 1.82) is 0 Å². The van der Waals surface area contributed by atoms with Gasteiger partial charge in [0.25, 0.3) is 0 Å². The molecule has 19 heavy (non-hydrogen) atoms. The van der Waals surface area contributed by atoms with E-state index in [0.29, 0.717) is 5.92 Å². The molecule has 0 saturated carbocycles. The topological polar surface area (TPSA) is 17.0 Å². The van der Waals surface area contributed by atoms with Gasteiger partial charge in [0.05, 0.1) is 0 Å². The van der Waals surface area contributed by atoms with Crippen molar-refractivity contribution >= 4 is 10.9 Å². The lowest BCUT2D eigenvalue weighted by molar-refractivity contribution is 0.429. The minimum Gasteiger partial charge on any atom is -0.346 e. The standard InChI is InChI=1S/C17H24N2/c1-11(2)12-6-7-14-13(8-12)16-15(19(14)5)9-18-10-17(16,3)4/h6-8,11,18H,9-10H2,1-5H3. The summed E-state index contributed by atoms with van der Waals surface area (Å²) in [6.07, 6.45) is 0. The van der Waals surface area contributed by atoms with Gasteiger partial charge in [0.15, 0.2) is 0 Å². The minimum atomic E-state index is 0.211. The lowest BCUT2D eigenvalue weighted by Gasteiger charge is -2.31. The third-order valence-corrected chi connectivity index (χ3v) is 4.55. The van der Waals surface area contributed by atoms with Crippen molar-refractivity contribution < 1.29 is 0 Å². The second kappa shape index (κ2) is 4.11. The van der Waals surface area contributed by atoms with Crippen molar-refractivity contribution in [3.8, 4) is 0 Å². The lowest BCUT2D eigenvalue weighted by Crippen LogP contribution is -2.38. The average Bonchev–Trinajstić information content (AvgIpc) is 2.63. The molecule has 1 aliphatic rings. The Morgan fingerprint density at radius 1 is 1.26 bits per heavy atom. The fourth-order valence-corrected chi connectivity index (χ4v) is 3.42. The Labute approximate surface area is 115 Å². The molecule has 0 atom stereocenters. The van der Waals surface area contributed by atoms with E-state index in [-0.39, 0.29) is 5.41 Å². The van der Waals surface area contributed by atoms with E-state index in [4.69, 9.17) is 0 Å². The summed E-state index contributed by atoms with van der Waals surface area (Å²) in [6, 6.07) is 6.98. The molecule has 2 aromatic rings. The maximum Gasteiger partial charge on any atom is 0.0483 e. The van der Waals surface area contributed by atoms with Gasteiger partial charge >= 0.3 is 0 Å². The van der Waals surface area contributed by atoms with Gasteiger partial charge in [-0.1, -0.05) is 33.8 Å². The first-order chi connectivity index (χ1) is 8.92. The van der Waals surface area contributed by atoms with Gasteiger partial charge in [-0.25, -0.2) is 0 Å². The molecule has 2 nitrogen and oxygen atoms in total. The van der Waals surface area contributed by atoms with E-state index in [1.807, 2.05) is 0 Å². The average molecular weight is 256 g/mol. The van der Waals surface area contributed by atoms with E-state index in [0.717, 1.165) is 13.1 Å². The van der Waals surface area contributed by atoms with Crippen LogP contribution in [0.3, 0.4) is 0 Å². The highest BCUT2D eigenvalue weighted by atomic mass is 15.0. The van der Waals surface area contributed by atoms with Crippen molar-refractivity contribution in [2.45, 2.75) is 45.6 Å². The third kappa shape index (κ3) is 1.81. The molecule has 102 valence electrons. The predicted molar refractivity (Wildman–Crippen MR) is 81.7 cm³/mol. The van der Waals surface area contributed by atoms with Crippen LogP contribution in [0.1, 0.15) is 50.4 Å². The second-order valence-electron chi connectivity index (χ2n) is 6.80. The van der Waals surface area contributed by atoms with Crippen molar-refractivity contribution in [2.24, 2.45) is 7.05 Å². The van der Waals surface area contributed by atoms with Crippen LogP contribution in [0.15, 0.2) is 18.2 Å². The summed E-state index contributed by atoms with van der Waals surface area (Å²) >= 11 is 0. The number of nitrogens with zero attached hydrogens (tertiary/aromatic N) is 1. The fourth-order valence-electron chi connectivity index (χ4n) is 3.42. The van der Waals surface area contributed by atoms with Gasteiger partial charge in [0, 0.05) is 42.1 Å². The van der Waals surface area contributed by atoms with Crippen LogP contribution in [-0.4, -0.2) is 11.1 Å². The third-order valence-electron chi connectivity index (χ3n) is 4.55. The van der Waals surface area contributed by atoms with Crippen molar-refractivity contribution in [1.82, 2.24) is 9.88 Å². The predicted octanol–water partition coefficient (Wildman–Crippen LogP) is 3.68. The number of hydrogen-bond acceptors (Lipinski definition) is 1. The van der Waals surface area contributed by atoms with Gasteiger partial charge in [-0.2, -0.15) is 0 Å². The number of rotatable bonds is 1. The molecular weight excluding hydrogens is 232 g/mol. The summed E-state index contributed by atoms with van der Waals surface area (Å²) in [5.74, 6) is 0.588. The van der Waals surface area contributed by atoms with E-state index in [9.17, 15) is 0 Å². The molecular formula is C17H24N2. The summed E-state index contributed by atoms with van der Waals surface area (Å²) < 4.78 is 2.36. The molecule has 0 amide bonds. The molecule has 1 aromatic heterocycles. The monoisotopic (exact) mass is 256 g/mol. The molecule has 0 fully saturated rings. The number of benzene rings is 1. The van der Waals surface area contributed by atoms with Crippen molar-refractivity contribution in [2.75, 3.05) is 6.54 Å². The highest BCUT2D eigenvalue weighted by Gasteiger charge is 2.32. The van der Waals surface area contributed by atoms with Gasteiger partial charge in [-0.3, -0.25) is 0 Å². The molecule has 1 aromatic carbocycles. The van der Waals surface area contributed by atoms with Crippen LogP contribution in [0, 0.1) is 0 Å². The summed E-state index contributed by atoms with van der Waals surface area (Å²) in [7, 11) is 2.19. The maximum atomic E-state index is 3.55. The second-order valence-corrected chi connectivity index (χ2v) is 6.80. The first kappa shape index (κ1) is 12.7. The van der Waals surface area contributed by atoms with E-state index < -0.39 is 0 Å². The highest BCUT2D eigenvalue weighted by molar-refractivity contribution is 5.87. The van der Waals surface area contributed by atoms with Crippen LogP contribution in [-0.2, 0) is 19.0 Å².